The highest BCUT2D eigenvalue weighted by atomic mass is 32.1. The molecule has 0 saturated carbocycles. The maximum atomic E-state index is 5.55. The van der Waals surface area contributed by atoms with Crippen molar-refractivity contribution in [2.24, 2.45) is 4.99 Å². The van der Waals surface area contributed by atoms with Crippen LogP contribution in [0.15, 0.2) is 34.6 Å². The van der Waals surface area contributed by atoms with Gasteiger partial charge in [0, 0.05) is 42.7 Å². The number of methoxy groups -OCH3 is 3. The van der Waals surface area contributed by atoms with Crippen molar-refractivity contribution in [3.05, 3.63) is 40.1 Å². The molecule has 0 radical (unpaired) electrons. The van der Waals surface area contributed by atoms with Gasteiger partial charge in [-0.15, -0.1) is 11.3 Å². The highest BCUT2D eigenvalue weighted by molar-refractivity contribution is 7.10. The Kier molecular flexibility index (Phi) is 8.85. The first-order chi connectivity index (χ1) is 15.2. The second-order valence-corrected chi connectivity index (χ2v) is 8.39. The predicted octanol–water partition coefficient (Wildman–Crippen LogP) is 3.32. The predicted molar refractivity (Wildman–Crippen MR) is 127 cm³/mol. The van der Waals surface area contributed by atoms with Crippen molar-refractivity contribution >= 4 is 17.3 Å². The van der Waals surface area contributed by atoms with Gasteiger partial charge in [-0.05, 0) is 43.8 Å². The van der Waals surface area contributed by atoms with Gasteiger partial charge in [-0.2, -0.15) is 0 Å². The van der Waals surface area contributed by atoms with Crippen LogP contribution in [0.25, 0.3) is 0 Å². The standard InChI is InChI=1S/C23H34N4O3S/c1-24-23(26-16-19(22-8-7-13-31-22)27-11-5-6-12-27)25-10-9-18-20(29-3)14-17(28-2)15-21(18)30-4/h7-8,13-15,19H,5-6,9-12,16H2,1-4H3,(H2,24,25,26). The minimum atomic E-state index is 0.378. The molecule has 31 heavy (non-hydrogen) atoms. The maximum Gasteiger partial charge on any atom is 0.191 e. The van der Waals surface area contributed by atoms with Gasteiger partial charge in [0.05, 0.1) is 27.4 Å². The first kappa shape index (κ1) is 23.2. The van der Waals surface area contributed by atoms with E-state index >= 15 is 0 Å². The van der Waals surface area contributed by atoms with Crippen LogP contribution in [0, 0.1) is 0 Å². The van der Waals surface area contributed by atoms with Crippen molar-refractivity contribution in [3.63, 3.8) is 0 Å². The number of benzene rings is 1. The fourth-order valence-corrected chi connectivity index (χ4v) is 4.85. The third-order valence-electron chi connectivity index (χ3n) is 5.62. The lowest BCUT2D eigenvalue weighted by atomic mass is 10.1. The molecule has 0 bridgehead atoms. The third-order valence-corrected chi connectivity index (χ3v) is 6.60. The van der Waals surface area contributed by atoms with E-state index in [9.17, 15) is 0 Å². The number of nitrogens with one attached hydrogen (secondary N) is 2. The van der Waals surface area contributed by atoms with Crippen LogP contribution >= 0.6 is 11.3 Å². The summed E-state index contributed by atoms with van der Waals surface area (Å²) in [6.45, 7) is 3.85. The smallest absolute Gasteiger partial charge is 0.191 e. The molecule has 1 atom stereocenters. The second kappa shape index (κ2) is 11.8. The zero-order chi connectivity index (χ0) is 22.1. The maximum absolute atomic E-state index is 5.55. The molecular formula is C23H34N4O3S. The van der Waals surface area contributed by atoms with Gasteiger partial charge in [0.15, 0.2) is 5.96 Å². The van der Waals surface area contributed by atoms with E-state index in [2.05, 4.69) is 38.0 Å². The van der Waals surface area contributed by atoms with Crippen LogP contribution in [0.2, 0.25) is 0 Å². The molecule has 2 heterocycles. The van der Waals surface area contributed by atoms with Crippen molar-refractivity contribution < 1.29 is 14.2 Å². The normalized spacial score (nSPS) is 15.5. The molecule has 1 aliphatic rings. The molecule has 170 valence electrons. The van der Waals surface area contributed by atoms with Gasteiger partial charge in [0.1, 0.15) is 17.2 Å². The average molecular weight is 447 g/mol. The summed E-state index contributed by atoms with van der Waals surface area (Å²) in [5.41, 5.74) is 1.00. The Morgan fingerprint density at radius 1 is 1.10 bits per heavy atom. The van der Waals surface area contributed by atoms with Crippen LogP contribution < -0.4 is 24.8 Å². The van der Waals surface area contributed by atoms with Gasteiger partial charge in [-0.25, -0.2) is 0 Å². The Bertz CT molecular complexity index is 810. The summed E-state index contributed by atoms with van der Waals surface area (Å²) in [5.74, 6) is 3.03. The Balaban J connectivity index is 1.58. The summed E-state index contributed by atoms with van der Waals surface area (Å²) >= 11 is 1.82. The highest BCUT2D eigenvalue weighted by Crippen LogP contribution is 2.34. The number of thiophene rings is 1. The Hall–Kier alpha value is -2.45. The Labute approximate surface area is 189 Å². The zero-order valence-electron chi connectivity index (χ0n) is 18.9. The largest absolute Gasteiger partial charge is 0.496 e. The van der Waals surface area contributed by atoms with Gasteiger partial charge < -0.3 is 24.8 Å². The Morgan fingerprint density at radius 2 is 1.81 bits per heavy atom. The summed E-state index contributed by atoms with van der Waals surface area (Å²) in [6, 6.07) is 8.50. The number of guanidine groups is 1. The van der Waals surface area contributed by atoms with Crippen LogP contribution in [0.3, 0.4) is 0 Å². The molecule has 1 fully saturated rings. The minimum absolute atomic E-state index is 0.378. The van der Waals surface area contributed by atoms with E-state index in [1.165, 1.54) is 17.7 Å². The van der Waals surface area contributed by atoms with E-state index in [1.807, 2.05) is 23.5 Å². The molecule has 0 amide bonds. The number of rotatable bonds is 10. The molecule has 1 aromatic carbocycles. The molecule has 2 aromatic rings. The second-order valence-electron chi connectivity index (χ2n) is 7.41. The fraction of sp³-hybridized carbons (Fsp3) is 0.522. The van der Waals surface area contributed by atoms with Gasteiger partial charge in [-0.1, -0.05) is 6.07 Å². The zero-order valence-corrected chi connectivity index (χ0v) is 19.8. The summed E-state index contributed by atoms with van der Waals surface area (Å²) in [5, 5.41) is 9.09. The molecule has 7 nitrogen and oxygen atoms in total. The van der Waals surface area contributed by atoms with Crippen molar-refractivity contribution in [2.45, 2.75) is 25.3 Å². The molecule has 1 saturated heterocycles. The molecule has 2 N–H and O–H groups in total. The monoisotopic (exact) mass is 446 g/mol. The van der Waals surface area contributed by atoms with Crippen molar-refractivity contribution in [1.82, 2.24) is 15.5 Å². The molecule has 1 aliphatic heterocycles. The summed E-state index contributed by atoms with van der Waals surface area (Å²) in [7, 11) is 6.76. The van der Waals surface area contributed by atoms with Crippen LogP contribution in [-0.2, 0) is 6.42 Å². The first-order valence-corrected chi connectivity index (χ1v) is 11.6. The molecular weight excluding hydrogens is 412 g/mol. The summed E-state index contributed by atoms with van der Waals surface area (Å²) < 4.78 is 16.4. The first-order valence-electron chi connectivity index (χ1n) is 10.7. The van der Waals surface area contributed by atoms with E-state index in [0.717, 1.165) is 49.1 Å². The number of hydrogen-bond donors (Lipinski definition) is 2. The van der Waals surface area contributed by atoms with E-state index in [4.69, 9.17) is 14.2 Å². The van der Waals surface area contributed by atoms with Gasteiger partial charge in [0.2, 0.25) is 0 Å². The SMILES string of the molecule is CN=C(NCCc1c(OC)cc(OC)cc1OC)NCC(c1cccs1)N1CCCC1. The van der Waals surface area contributed by atoms with Crippen LogP contribution in [0.1, 0.15) is 29.3 Å². The lowest BCUT2D eigenvalue weighted by molar-refractivity contribution is 0.249. The van der Waals surface area contributed by atoms with Crippen molar-refractivity contribution in [3.8, 4) is 17.2 Å². The molecule has 1 aromatic heterocycles. The van der Waals surface area contributed by atoms with E-state index in [-0.39, 0.29) is 0 Å². The summed E-state index contributed by atoms with van der Waals surface area (Å²) in [6.07, 6.45) is 3.29. The van der Waals surface area contributed by atoms with Crippen LogP contribution in [0.5, 0.6) is 17.2 Å². The molecule has 1 unspecified atom stereocenters. The molecule has 8 heteroatoms. The van der Waals surface area contributed by atoms with Crippen LogP contribution in [-0.4, -0.2) is 65.4 Å². The summed E-state index contributed by atoms with van der Waals surface area (Å²) in [4.78, 5) is 8.38. The average Bonchev–Trinajstić information content (AvgIpc) is 3.52. The van der Waals surface area contributed by atoms with Crippen molar-refractivity contribution in [1.29, 1.82) is 0 Å². The number of nitrogens with zero attached hydrogens (tertiary/aromatic N) is 2. The third kappa shape index (κ3) is 6.04. The number of likely N-dealkylation sites (tertiary alicyclic amines) is 1. The van der Waals surface area contributed by atoms with Gasteiger partial charge in [0.25, 0.3) is 0 Å². The topological polar surface area (TPSA) is 67.4 Å². The van der Waals surface area contributed by atoms with E-state index < -0.39 is 0 Å². The van der Waals surface area contributed by atoms with Crippen molar-refractivity contribution in [2.75, 3.05) is 54.6 Å². The van der Waals surface area contributed by atoms with Gasteiger partial charge in [-0.3, -0.25) is 9.89 Å². The molecule has 3 rings (SSSR count). The van der Waals surface area contributed by atoms with E-state index in [0.29, 0.717) is 18.3 Å². The fourth-order valence-electron chi connectivity index (χ4n) is 3.99. The highest BCUT2D eigenvalue weighted by Gasteiger charge is 2.24. The minimum Gasteiger partial charge on any atom is -0.496 e. The lowest BCUT2D eigenvalue weighted by Crippen LogP contribution is -2.43. The lowest BCUT2D eigenvalue weighted by Gasteiger charge is -2.27. The number of ether oxygens (including phenoxy) is 3. The Morgan fingerprint density at radius 3 is 2.35 bits per heavy atom. The van der Waals surface area contributed by atoms with Gasteiger partial charge >= 0.3 is 0 Å². The quantitative estimate of drug-likeness (QED) is 0.431. The van der Waals surface area contributed by atoms with Crippen LogP contribution in [0.4, 0.5) is 0 Å². The van der Waals surface area contributed by atoms with E-state index in [1.54, 1.807) is 28.4 Å². The molecule has 0 aliphatic carbocycles. The number of aliphatic imine (C=N–C) groups is 1. The molecule has 0 spiro atoms. The number of hydrogen-bond acceptors (Lipinski definition) is 6.